The molecule has 0 bridgehead atoms. The number of hydrogen-bond donors (Lipinski definition) is 0. The van der Waals surface area contributed by atoms with E-state index in [0.29, 0.717) is 11.1 Å². The number of hydrogen-bond acceptors (Lipinski definition) is 2. The molecule has 4 heteroatoms. The van der Waals surface area contributed by atoms with Gasteiger partial charge in [0.25, 0.3) is 0 Å². The van der Waals surface area contributed by atoms with E-state index in [0.717, 1.165) is 54.8 Å². The highest BCUT2D eigenvalue weighted by Gasteiger charge is 2.22. The second kappa shape index (κ2) is 9.81. The fourth-order valence-electron chi connectivity index (χ4n) is 7.72. The Hall–Kier alpha value is -6.88. The van der Waals surface area contributed by atoms with E-state index in [1.165, 1.54) is 33.0 Å². The molecule has 0 fully saturated rings. The van der Waals surface area contributed by atoms with Gasteiger partial charge in [-0.2, -0.15) is 10.5 Å². The molecular formula is C44H24N4. The molecule has 0 saturated carbocycles. The number of aromatic nitrogens is 2. The fourth-order valence-corrected chi connectivity index (χ4v) is 7.72. The molecule has 0 amide bonds. The van der Waals surface area contributed by atoms with Crippen molar-refractivity contribution >= 4 is 59.9 Å². The molecule has 0 aliphatic heterocycles. The summed E-state index contributed by atoms with van der Waals surface area (Å²) in [4.78, 5) is 0. The van der Waals surface area contributed by atoms with Crippen molar-refractivity contribution in [3.05, 3.63) is 157 Å². The Kier molecular flexibility index (Phi) is 5.38. The van der Waals surface area contributed by atoms with E-state index in [2.05, 4.69) is 142 Å². The van der Waals surface area contributed by atoms with Gasteiger partial charge in [-0.3, -0.25) is 0 Å². The number of nitriles is 2. The van der Waals surface area contributed by atoms with Crippen LogP contribution in [0.4, 0.5) is 0 Å². The van der Waals surface area contributed by atoms with Gasteiger partial charge in [0.1, 0.15) is 0 Å². The summed E-state index contributed by atoms with van der Waals surface area (Å²) >= 11 is 0. The second-order valence-corrected chi connectivity index (χ2v) is 12.4. The third-order valence-corrected chi connectivity index (χ3v) is 9.87. The van der Waals surface area contributed by atoms with Gasteiger partial charge in [-0.05, 0) is 82.9 Å². The molecule has 0 spiro atoms. The molecule has 3 heterocycles. The lowest BCUT2D eigenvalue weighted by Gasteiger charge is -2.10. The molecular weight excluding hydrogens is 585 g/mol. The lowest BCUT2D eigenvalue weighted by atomic mass is 10.0. The van der Waals surface area contributed by atoms with Crippen LogP contribution < -0.4 is 0 Å². The van der Waals surface area contributed by atoms with E-state index in [1.807, 2.05) is 24.3 Å². The summed E-state index contributed by atoms with van der Waals surface area (Å²) in [6.45, 7) is 0. The van der Waals surface area contributed by atoms with Crippen molar-refractivity contribution in [2.75, 3.05) is 0 Å². The molecule has 0 saturated heterocycles. The van der Waals surface area contributed by atoms with Crippen LogP contribution in [0.25, 0.3) is 87.8 Å². The zero-order chi connectivity index (χ0) is 31.9. The zero-order valence-electron chi connectivity index (χ0n) is 25.6. The first-order chi connectivity index (χ1) is 23.7. The van der Waals surface area contributed by atoms with E-state index >= 15 is 0 Å². The number of fused-ring (bicyclic) bond motifs is 9. The van der Waals surface area contributed by atoms with Gasteiger partial charge >= 0.3 is 0 Å². The Balaban J connectivity index is 1.33. The Labute approximate surface area is 275 Å². The minimum Gasteiger partial charge on any atom is -0.309 e. The maximum atomic E-state index is 9.78. The zero-order valence-corrected chi connectivity index (χ0v) is 25.6. The first-order valence-electron chi connectivity index (χ1n) is 16.0. The third-order valence-electron chi connectivity index (χ3n) is 9.87. The van der Waals surface area contributed by atoms with Crippen molar-refractivity contribution < 1.29 is 0 Å². The van der Waals surface area contributed by atoms with Crippen molar-refractivity contribution in [2.45, 2.75) is 0 Å². The van der Waals surface area contributed by atoms with Crippen molar-refractivity contribution in [3.8, 4) is 40.1 Å². The molecule has 7 aromatic carbocycles. The van der Waals surface area contributed by atoms with Gasteiger partial charge in [0.15, 0.2) is 0 Å². The summed E-state index contributed by atoms with van der Waals surface area (Å²) in [5.74, 6) is 0. The molecule has 10 rings (SSSR count). The van der Waals surface area contributed by atoms with Crippen LogP contribution in [0.2, 0.25) is 0 Å². The lowest BCUT2D eigenvalue weighted by molar-refractivity contribution is 1.19. The Bertz CT molecular complexity index is 2810. The Morgan fingerprint density at radius 2 is 0.854 bits per heavy atom. The van der Waals surface area contributed by atoms with Crippen LogP contribution in [-0.2, 0) is 0 Å². The van der Waals surface area contributed by atoms with Gasteiger partial charge in [0, 0.05) is 38.0 Å². The molecule has 0 radical (unpaired) electrons. The highest BCUT2D eigenvalue weighted by atomic mass is 15.0. The maximum absolute atomic E-state index is 9.78. The van der Waals surface area contributed by atoms with E-state index in [-0.39, 0.29) is 0 Å². The van der Waals surface area contributed by atoms with Crippen LogP contribution in [0.15, 0.2) is 146 Å². The lowest BCUT2D eigenvalue weighted by Crippen LogP contribution is -1.94. The Morgan fingerprint density at radius 1 is 0.375 bits per heavy atom. The molecule has 0 atom stereocenters. The third kappa shape index (κ3) is 3.63. The van der Waals surface area contributed by atoms with E-state index < -0.39 is 0 Å². The minimum absolute atomic E-state index is 0.610. The van der Waals surface area contributed by atoms with Gasteiger partial charge in [0.2, 0.25) is 0 Å². The summed E-state index contributed by atoms with van der Waals surface area (Å²) < 4.78 is 4.61. The SMILES string of the molecule is N#Cc1ccc2c3cc(-n4c5ccc(-c6ccccc6)cc5c5cc(-c6ccccc6)ccc54)cc4c5ccc(C#N)cc5n(c2c1)c34. The van der Waals surface area contributed by atoms with Gasteiger partial charge in [0.05, 0.1) is 50.8 Å². The maximum Gasteiger partial charge on any atom is 0.0992 e. The topological polar surface area (TPSA) is 56.9 Å². The van der Waals surface area contributed by atoms with Crippen LogP contribution in [0.3, 0.4) is 0 Å². The molecule has 0 unspecified atom stereocenters. The minimum atomic E-state index is 0.610. The van der Waals surface area contributed by atoms with Crippen LogP contribution in [0, 0.1) is 22.7 Å². The van der Waals surface area contributed by atoms with Crippen LogP contribution in [0.5, 0.6) is 0 Å². The number of rotatable bonds is 3. The predicted molar refractivity (Wildman–Crippen MR) is 196 cm³/mol. The molecule has 0 N–H and O–H groups in total. The van der Waals surface area contributed by atoms with Crippen molar-refractivity contribution in [3.63, 3.8) is 0 Å². The molecule has 48 heavy (non-hydrogen) atoms. The second-order valence-electron chi connectivity index (χ2n) is 12.4. The predicted octanol–water partition coefficient (Wildman–Crippen LogP) is 11.0. The average Bonchev–Trinajstić information content (AvgIpc) is 3.78. The smallest absolute Gasteiger partial charge is 0.0992 e. The van der Waals surface area contributed by atoms with Crippen LogP contribution in [0.1, 0.15) is 11.1 Å². The van der Waals surface area contributed by atoms with E-state index in [1.54, 1.807) is 0 Å². The highest BCUT2D eigenvalue weighted by Crippen LogP contribution is 2.43. The molecule has 0 aliphatic carbocycles. The standard InChI is InChI=1S/C44H24N4/c45-25-27-11-15-34-38-23-33(24-39-35-16-12-28(26-46)20-43(35)48(44(38)39)42(34)19-27)47-40-17-13-31(29-7-3-1-4-8-29)21-36(40)37-22-32(14-18-41(37)47)30-9-5-2-6-10-30/h1-24H. The fraction of sp³-hybridized carbons (Fsp3) is 0. The summed E-state index contributed by atoms with van der Waals surface area (Å²) in [7, 11) is 0. The van der Waals surface area contributed by atoms with Gasteiger partial charge in [-0.1, -0.05) is 84.9 Å². The molecule has 0 aliphatic rings. The van der Waals surface area contributed by atoms with Gasteiger partial charge in [-0.15, -0.1) is 0 Å². The summed E-state index contributed by atoms with van der Waals surface area (Å²) in [5.41, 5.74) is 12.3. The number of nitrogens with zero attached hydrogens (tertiary/aromatic N) is 4. The quantitative estimate of drug-likeness (QED) is 0.200. The summed E-state index contributed by atoms with van der Waals surface area (Å²) in [6.07, 6.45) is 0. The molecule has 220 valence electrons. The first-order valence-corrected chi connectivity index (χ1v) is 16.0. The van der Waals surface area contributed by atoms with E-state index in [4.69, 9.17) is 0 Å². The van der Waals surface area contributed by atoms with Crippen molar-refractivity contribution in [1.29, 1.82) is 10.5 Å². The monoisotopic (exact) mass is 608 g/mol. The van der Waals surface area contributed by atoms with E-state index in [9.17, 15) is 10.5 Å². The normalized spacial score (nSPS) is 11.7. The summed E-state index contributed by atoms with van der Waals surface area (Å²) in [5, 5.41) is 26.3. The molecule has 4 nitrogen and oxygen atoms in total. The summed E-state index contributed by atoms with van der Waals surface area (Å²) in [6, 6.07) is 55.7. The van der Waals surface area contributed by atoms with Crippen LogP contribution >= 0.6 is 0 Å². The van der Waals surface area contributed by atoms with Gasteiger partial charge in [-0.25, -0.2) is 0 Å². The largest absolute Gasteiger partial charge is 0.309 e. The number of benzene rings is 7. The van der Waals surface area contributed by atoms with Crippen LogP contribution in [-0.4, -0.2) is 8.97 Å². The van der Waals surface area contributed by atoms with Gasteiger partial charge < -0.3 is 8.97 Å². The highest BCUT2D eigenvalue weighted by molar-refractivity contribution is 6.24. The first kappa shape index (κ1) is 26.3. The molecule has 10 aromatic rings. The van der Waals surface area contributed by atoms with Crippen molar-refractivity contribution in [2.24, 2.45) is 0 Å². The van der Waals surface area contributed by atoms with Crippen molar-refractivity contribution in [1.82, 2.24) is 8.97 Å². The average molecular weight is 609 g/mol. The molecule has 3 aromatic heterocycles. The Morgan fingerprint density at radius 3 is 1.31 bits per heavy atom.